The Kier molecular flexibility index (Phi) is 4.41. The van der Waals surface area contributed by atoms with E-state index < -0.39 is 11.7 Å². The number of halogens is 1. The molecule has 0 spiro atoms. The second-order valence-corrected chi connectivity index (χ2v) is 6.39. The molecule has 18 heavy (non-hydrogen) atoms. The highest BCUT2D eigenvalue weighted by atomic mass is 79.9. The Balaban J connectivity index is 1.98. The van der Waals surface area contributed by atoms with Crippen molar-refractivity contribution in [2.75, 3.05) is 0 Å². The maximum absolute atomic E-state index is 10.5. The van der Waals surface area contributed by atoms with E-state index in [0.717, 1.165) is 23.0 Å². The van der Waals surface area contributed by atoms with E-state index in [4.69, 9.17) is 0 Å². The molecule has 0 aliphatic heterocycles. The Morgan fingerprint density at radius 1 is 1.44 bits per heavy atom. The van der Waals surface area contributed by atoms with Gasteiger partial charge >= 0.3 is 0 Å². The van der Waals surface area contributed by atoms with Crippen LogP contribution in [0.4, 0.5) is 0 Å². The highest BCUT2D eigenvalue weighted by Gasteiger charge is 2.38. The molecule has 1 aromatic rings. The van der Waals surface area contributed by atoms with E-state index in [1.54, 1.807) is 6.20 Å². The van der Waals surface area contributed by atoms with Crippen molar-refractivity contribution in [2.45, 2.75) is 50.7 Å². The summed E-state index contributed by atoms with van der Waals surface area (Å²) in [5, 5.41) is 20.7. The number of hydrogen-bond donors (Lipinski definition) is 2. The van der Waals surface area contributed by atoms with Crippen LogP contribution in [0.15, 0.2) is 22.8 Å². The van der Waals surface area contributed by atoms with E-state index in [9.17, 15) is 10.2 Å². The topological polar surface area (TPSA) is 53.4 Å². The average molecular weight is 314 g/mol. The van der Waals surface area contributed by atoms with Gasteiger partial charge in [0.15, 0.2) is 0 Å². The summed E-state index contributed by atoms with van der Waals surface area (Å²) >= 11 is 3.33. The summed E-state index contributed by atoms with van der Waals surface area (Å²) in [6, 6.07) is 3.78. The molecule has 1 aromatic heterocycles. The van der Waals surface area contributed by atoms with Crippen molar-refractivity contribution in [1.82, 2.24) is 4.98 Å². The largest absolute Gasteiger partial charge is 0.390 e. The minimum Gasteiger partial charge on any atom is -0.390 e. The Morgan fingerprint density at radius 3 is 2.67 bits per heavy atom. The molecular formula is C14H20BrNO2. The Labute approximate surface area is 116 Å². The number of nitrogens with zero attached hydrogens (tertiary/aromatic N) is 1. The van der Waals surface area contributed by atoms with E-state index in [2.05, 4.69) is 27.8 Å². The third-order valence-corrected chi connectivity index (χ3v) is 4.42. The van der Waals surface area contributed by atoms with Crippen LogP contribution >= 0.6 is 15.9 Å². The second-order valence-electron chi connectivity index (χ2n) is 5.47. The molecule has 1 atom stereocenters. The van der Waals surface area contributed by atoms with Crippen LogP contribution in [0.3, 0.4) is 0 Å². The summed E-state index contributed by atoms with van der Waals surface area (Å²) in [4.78, 5) is 4.24. The highest BCUT2D eigenvalue weighted by molar-refractivity contribution is 9.10. The summed E-state index contributed by atoms with van der Waals surface area (Å²) in [6.07, 6.45) is 4.76. The van der Waals surface area contributed by atoms with Gasteiger partial charge in [0.05, 0.1) is 11.7 Å². The summed E-state index contributed by atoms with van der Waals surface area (Å²) in [7, 11) is 0. The molecule has 1 saturated carbocycles. The quantitative estimate of drug-likeness (QED) is 0.902. The smallest absolute Gasteiger partial charge is 0.0909 e. The van der Waals surface area contributed by atoms with Crippen molar-refractivity contribution in [1.29, 1.82) is 0 Å². The Bertz CT molecular complexity index is 385. The molecule has 100 valence electrons. The lowest BCUT2D eigenvalue weighted by molar-refractivity contribution is -0.102. The van der Waals surface area contributed by atoms with Gasteiger partial charge in [-0.25, -0.2) is 0 Å². The van der Waals surface area contributed by atoms with Crippen LogP contribution in [0.2, 0.25) is 0 Å². The lowest BCUT2D eigenvalue weighted by Crippen LogP contribution is -2.46. The molecule has 0 amide bonds. The zero-order chi connectivity index (χ0) is 13.2. The predicted octanol–water partition coefficient (Wildman–Crippen LogP) is 2.69. The van der Waals surface area contributed by atoms with Crippen molar-refractivity contribution in [3.63, 3.8) is 0 Å². The van der Waals surface area contributed by atoms with Gasteiger partial charge in [-0.3, -0.25) is 4.98 Å². The molecule has 0 bridgehead atoms. The molecule has 2 rings (SSSR count). The average Bonchev–Trinajstić information content (AvgIpc) is 2.36. The first kappa shape index (κ1) is 14.0. The SMILES string of the molecule is CC1CCC(O)(C(O)Cc2ccc(Br)cn2)CC1. The first-order chi connectivity index (χ1) is 8.49. The number of hydrogen-bond acceptors (Lipinski definition) is 3. The molecule has 0 saturated heterocycles. The Hall–Kier alpha value is -0.450. The van der Waals surface area contributed by atoms with E-state index in [1.165, 1.54) is 0 Å². The molecule has 1 unspecified atom stereocenters. The van der Waals surface area contributed by atoms with Gasteiger partial charge in [0.2, 0.25) is 0 Å². The second kappa shape index (κ2) is 5.68. The van der Waals surface area contributed by atoms with Gasteiger partial charge in [0, 0.05) is 22.8 Å². The molecule has 1 aliphatic carbocycles. The molecular weight excluding hydrogens is 294 g/mol. The summed E-state index contributed by atoms with van der Waals surface area (Å²) < 4.78 is 0.922. The normalized spacial score (nSPS) is 30.1. The molecule has 1 heterocycles. The standard InChI is InChI=1S/C14H20BrNO2/c1-10-4-6-14(18,7-5-10)13(17)8-12-3-2-11(15)9-16-12/h2-3,9-10,13,17-18H,4-8H2,1H3. The van der Waals surface area contributed by atoms with Crippen LogP contribution in [0.1, 0.15) is 38.3 Å². The lowest BCUT2D eigenvalue weighted by atomic mass is 9.75. The fourth-order valence-corrected chi connectivity index (χ4v) is 2.75. The van der Waals surface area contributed by atoms with Crippen molar-refractivity contribution in [3.05, 3.63) is 28.5 Å². The zero-order valence-corrected chi connectivity index (χ0v) is 12.2. The monoisotopic (exact) mass is 313 g/mol. The Morgan fingerprint density at radius 2 is 2.11 bits per heavy atom. The number of pyridine rings is 1. The fourth-order valence-electron chi connectivity index (χ4n) is 2.51. The van der Waals surface area contributed by atoms with Crippen molar-refractivity contribution in [2.24, 2.45) is 5.92 Å². The van der Waals surface area contributed by atoms with Crippen LogP contribution in [0, 0.1) is 5.92 Å². The van der Waals surface area contributed by atoms with Gasteiger partial charge in [0.1, 0.15) is 0 Å². The van der Waals surface area contributed by atoms with E-state index in [1.807, 2.05) is 12.1 Å². The van der Waals surface area contributed by atoms with Crippen LogP contribution < -0.4 is 0 Å². The summed E-state index contributed by atoms with van der Waals surface area (Å²) in [5.74, 6) is 0.656. The molecule has 3 nitrogen and oxygen atoms in total. The van der Waals surface area contributed by atoms with Gasteiger partial charge in [-0.15, -0.1) is 0 Å². The van der Waals surface area contributed by atoms with Crippen LogP contribution in [-0.4, -0.2) is 26.9 Å². The zero-order valence-electron chi connectivity index (χ0n) is 10.6. The fraction of sp³-hybridized carbons (Fsp3) is 0.643. The number of aliphatic hydroxyl groups excluding tert-OH is 1. The molecule has 1 fully saturated rings. The van der Waals surface area contributed by atoms with Gasteiger partial charge in [-0.2, -0.15) is 0 Å². The van der Waals surface area contributed by atoms with Crippen LogP contribution in [0.5, 0.6) is 0 Å². The third-order valence-electron chi connectivity index (χ3n) is 3.95. The van der Waals surface area contributed by atoms with Gasteiger partial charge < -0.3 is 10.2 Å². The molecule has 0 radical (unpaired) electrons. The van der Waals surface area contributed by atoms with Gasteiger partial charge in [-0.1, -0.05) is 6.92 Å². The molecule has 0 aromatic carbocycles. The number of rotatable bonds is 3. The highest BCUT2D eigenvalue weighted by Crippen LogP contribution is 2.35. The minimum absolute atomic E-state index is 0.415. The minimum atomic E-state index is -0.929. The van der Waals surface area contributed by atoms with Crippen LogP contribution in [0.25, 0.3) is 0 Å². The molecule has 4 heteroatoms. The van der Waals surface area contributed by atoms with Crippen molar-refractivity contribution >= 4 is 15.9 Å². The first-order valence-corrected chi connectivity index (χ1v) is 7.30. The first-order valence-electron chi connectivity index (χ1n) is 6.50. The predicted molar refractivity (Wildman–Crippen MR) is 74.2 cm³/mol. The lowest BCUT2D eigenvalue weighted by Gasteiger charge is -2.38. The molecule has 1 aliphatic rings. The van der Waals surface area contributed by atoms with Gasteiger partial charge in [-0.05, 0) is 59.7 Å². The van der Waals surface area contributed by atoms with E-state index >= 15 is 0 Å². The summed E-state index contributed by atoms with van der Waals surface area (Å²) in [5.41, 5.74) is -0.112. The number of aromatic nitrogens is 1. The maximum atomic E-state index is 10.5. The molecule has 2 N–H and O–H groups in total. The van der Waals surface area contributed by atoms with E-state index in [-0.39, 0.29) is 0 Å². The van der Waals surface area contributed by atoms with Crippen molar-refractivity contribution in [3.8, 4) is 0 Å². The van der Waals surface area contributed by atoms with Crippen molar-refractivity contribution < 1.29 is 10.2 Å². The van der Waals surface area contributed by atoms with Crippen LogP contribution in [-0.2, 0) is 6.42 Å². The summed E-state index contributed by atoms with van der Waals surface area (Å²) in [6.45, 7) is 2.20. The van der Waals surface area contributed by atoms with Gasteiger partial charge in [0.25, 0.3) is 0 Å². The third kappa shape index (κ3) is 3.31. The van der Waals surface area contributed by atoms with E-state index in [0.29, 0.717) is 25.2 Å². The number of aliphatic hydroxyl groups is 2. The maximum Gasteiger partial charge on any atom is 0.0909 e.